The van der Waals surface area contributed by atoms with Crippen molar-refractivity contribution in [1.82, 2.24) is 0 Å². The van der Waals surface area contributed by atoms with Crippen molar-refractivity contribution in [2.45, 2.75) is 93.8 Å². The van der Waals surface area contributed by atoms with Gasteiger partial charge in [0.2, 0.25) is 0 Å². The second kappa shape index (κ2) is 10.5. The van der Waals surface area contributed by atoms with Crippen LogP contribution in [0.3, 0.4) is 0 Å². The molecule has 0 aromatic rings. The molecule has 1 aliphatic carbocycles. The number of rotatable bonds is 8. The Morgan fingerprint density at radius 1 is 0.667 bits per heavy atom. The SMILES string of the molecule is CC1CCC(C(=O)OC(C(C)C)C(C)C)C(C(=O)OC(C(C)C)C(C)C)C1. The fourth-order valence-electron chi connectivity index (χ4n) is 4.45. The molecule has 0 N–H and O–H groups in total. The number of carbonyl (C=O) groups is 2. The average molecular weight is 383 g/mol. The second-order valence-corrected chi connectivity index (χ2v) is 9.91. The highest BCUT2D eigenvalue weighted by molar-refractivity contribution is 5.82. The summed E-state index contributed by atoms with van der Waals surface area (Å²) >= 11 is 0. The number of hydrogen-bond donors (Lipinski definition) is 0. The van der Waals surface area contributed by atoms with Gasteiger partial charge in [0.05, 0.1) is 11.8 Å². The maximum atomic E-state index is 13.0. The highest BCUT2D eigenvalue weighted by Gasteiger charge is 2.42. The molecule has 158 valence electrons. The van der Waals surface area contributed by atoms with E-state index < -0.39 is 0 Å². The lowest BCUT2D eigenvalue weighted by Crippen LogP contribution is -2.42. The van der Waals surface area contributed by atoms with Crippen LogP contribution in [0.1, 0.15) is 81.6 Å². The Kier molecular flexibility index (Phi) is 9.30. The van der Waals surface area contributed by atoms with Crippen molar-refractivity contribution >= 4 is 11.9 Å². The third-order valence-electron chi connectivity index (χ3n) is 5.85. The average Bonchev–Trinajstić information content (AvgIpc) is 2.55. The normalized spacial score (nSPS) is 23.7. The van der Waals surface area contributed by atoms with Crippen LogP contribution < -0.4 is 0 Å². The lowest BCUT2D eigenvalue weighted by molar-refractivity contribution is -0.174. The monoisotopic (exact) mass is 382 g/mol. The second-order valence-electron chi connectivity index (χ2n) is 9.91. The molecule has 0 saturated heterocycles. The van der Waals surface area contributed by atoms with Crippen molar-refractivity contribution in [3.05, 3.63) is 0 Å². The van der Waals surface area contributed by atoms with E-state index in [2.05, 4.69) is 62.3 Å². The van der Waals surface area contributed by atoms with Crippen LogP contribution in [0.4, 0.5) is 0 Å². The Bertz CT molecular complexity index is 465. The molecule has 0 radical (unpaired) electrons. The van der Waals surface area contributed by atoms with E-state index in [0.29, 0.717) is 18.8 Å². The maximum Gasteiger partial charge on any atom is 0.310 e. The molecular weight excluding hydrogens is 340 g/mol. The Morgan fingerprint density at radius 2 is 1.04 bits per heavy atom. The summed E-state index contributed by atoms with van der Waals surface area (Å²) < 4.78 is 11.8. The molecular formula is C23H42O4. The quantitative estimate of drug-likeness (QED) is 0.521. The predicted octanol–water partition coefficient (Wildman–Crippen LogP) is 5.49. The van der Waals surface area contributed by atoms with Crippen LogP contribution in [0.15, 0.2) is 0 Å². The van der Waals surface area contributed by atoms with Crippen LogP contribution in [-0.2, 0) is 19.1 Å². The minimum atomic E-state index is -0.388. The van der Waals surface area contributed by atoms with Gasteiger partial charge in [-0.3, -0.25) is 9.59 Å². The summed E-state index contributed by atoms with van der Waals surface area (Å²) in [4.78, 5) is 26.0. The number of esters is 2. The summed E-state index contributed by atoms with van der Waals surface area (Å²) in [5, 5.41) is 0. The Labute approximate surface area is 166 Å². The fraction of sp³-hybridized carbons (Fsp3) is 0.913. The first-order chi connectivity index (χ1) is 12.5. The van der Waals surface area contributed by atoms with E-state index in [9.17, 15) is 9.59 Å². The van der Waals surface area contributed by atoms with E-state index in [0.717, 1.165) is 6.42 Å². The standard InChI is InChI=1S/C23H42O4/c1-13(2)20(14(3)4)26-22(24)18-11-10-17(9)12-19(18)23(25)27-21(15(5)6)16(7)8/h13-21H,10-12H2,1-9H3. The molecule has 0 spiro atoms. The first kappa shape index (κ1) is 24.0. The zero-order chi connectivity index (χ0) is 20.9. The lowest BCUT2D eigenvalue weighted by atomic mass is 9.74. The van der Waals surface area contributed by atoms with Gasteiger partial charge in [0.15, 0.2) is 0 Å². The highest BCUT2D eigenvalue weighted by Crippen LogP contribution is 2.37. The van der Waals surface area contributed by atoms with Gasteiger partial charge in [-0.2, -0.15) is 0 Å². The van der Waals surface area contributed by atoms with Crippen LogP contribution in [0.5, 0.6) is 0 Å². The number of ether oxygens (including phenoxy) is 2. The highest BCUT2D eigenvalue weighted by atomic mass is 16.6. The molecule has 0 aliphatic heterocycles. The smallest absolute Gasteiger partial charge is 0.310 e. The van der Waals surface area contributed by atoms with Gasteiger partial charge in [0, 0.05) is 0 Å². The molecule has 1 rings (SSSR count). The molecule has 3 atom stereocenters. The van der Waals surface area contributed by atoms with Crippen molar-refractivity contribution in [1.29, 1.82) is 0 Å². The summed E-state index contributed by atoms with van der Waals surface area (Å²) in [6.45, 7) is 18.7. The van der Waals surface area contributed by atoms with Gasteiger partial charge in [0.1, 0.15) is 12.2 Å². The van der Waals surface area contributed by atoms with Crippen LogP contribution in [0.25, 0.3) is 0 Å². The zero-order valence-electron chi connectivity index (χ0n) is 19.0. The van der Waals surface area contributed by atoms with Gasteiger partial charge >= 0.3 is 11.9 Å². The minimum absolute atomic E-state index is 0.118. The topological polar surface area (TPSA) is 52.6 Å². The van der Waals surface area contributed by atoms with Gasteiger partial charge < -0.3 is 9.47 Å². The van der Waals surface area contributed by atoms with Gasteiger partial charge in [-0.15, -0.1) is 0 Å². The van der Waals surface area contributed by atoms with Crippen molar-refractivity contribution in [3.8, 4) is 0 Å². The Balaban J connectivity index is 2.93. The number of carbonyl (C=O) groups excluding carboxylic acids is 2. The van der Waals surface area contributed by atoms with Gasteiger partial charge in [-0.1, -0.05) is 62.3 Å². The van der Waals surface area contributed by atoms with E-state index in [1.807, 2.05) is 0 Å². The van der Waals surface area contributed by atoms with E-state index >= 15 is 0 Å². The minimum Gasteiger partial charge on any atom is -0.462 e. The summed E-state index contributed by atoms with van der Waals surface area (Å²) in [6, 6.07) is 0. The van der Waals surface area contributed by atoms with E-state index in [4.69, 9.17) is 9.47 Å². The predicted molar refractivity (Wildman–Crippen MR) is 109 cm³/mol. The lowest BCUT2D eigenvalue weighted by Gasteiger charge is -2.35. The summed E-state index contributed by atoms with van der Waals surface area (Å²) in [7, 11) is 0. The van der Waals surface area contributed by atoms with E-state index in [1.165, 1.54) is 0 Å². The molecule has 0 heterocycles. The molecule has 0 aromatic carbocycles. The van der Waals surface area contributed by atoms with Gasteiger partial charge in [0.25, 0.3) is 0 Å². The largest absolute Gasteiger partial charge is 0.462 e. The van der Waals surface area contributed by atoms with Crippen LogP contribution in [-0.4, -0.2) is 24.1 Å². The molecule has 1 aliphatic rings. The van der Waals surface area contributed by atoms with E-state index in [1.54, 1.807) is 0 Å². The van der Waals surface area contributed by atoms with Crippen molar-refractivity contribution in [2.75, 3.05) is 0 Å². The molecule has 0 aromatic heterocycles. The van der Waals surface area contributed by atoms with Gasteiger partial charge in [-0.25, -0.2) is 0 Å². The molecule has 4 nitrogen and oxygen atoms in total. The molecule has 0 bridgehead atoms. The summed E-state index contributed by atoms with van der Waals surface area (Å²) in [5.74, 6) is 0.243. The van der Waals surface area contributed by atoms with E-state index in [-0.39, 0.29) is 59.7 Å². The third kappa shape index (κ3) is 6.80. The van der Waals surface area contributed by atoms with Crippen LogP contribution >= 0.6 is 0 Å². The first-order valence-corrected chi connectivity index (χ1v) is 10.9. The van der Waals surface area contributed by atoms with Crippen LogP contribution in [0, 0.1) is 41.4 Å². The van der Waals surface area contributed by atoms with Crippen LogP contribution in [0.2, 0.25) is 0 Å². The molecule has 27 heavy (non-hydrogen) atoms. The first-order valence-electron chi connectivity index (χ1n) is 10.9. The van der Waals surface area contributed by atoms with Crippen molar-refractivity contribution in [2.24, 2.45) is 41.4 Å². The molecule has 0 amide bonds. The number of hydrogen-bond acceptors (Lipinski definition) is 4. The van der Waals surface area contributed by atoms with Gasteiger partial charge in [-0.05, 0) is 48.9 Å². The van der Waals surface area contributed by atoms with Crippen molar-refractivity contribution in [3.63, 3.8) is 0 Å². The molecule has 1 saturated carbocycles. The zero-order valence-corrected chi connectivity index (χ0v) is 19.0. The Hall–Kier alpha value is -1.06. The third-order valence-corrected chi connectivity index (χ3v) is 5.85. The maximum absolute atomic E-state index is 13.0. The fourth-order valence-corrected chi connectivity index (χ4v) is 4.45. The molecule has 3 unspecified atom stereocenters. The van der Waals surface area contributed by atoms with Crippen molar-refractivity contribution < 1.29 is 19.1 Å². The molecule has 1 fully saturated rings. The summed E-state index contributed by atoms with van der Waals surface area (Å²) in [5.41, 5.74) is 0. The molecule has 4 heteroatoms. The Morgan fingerprint density at radius 3 is 1.41 bits per heavy atom. The summed E-state index contributed by atoms with van der Waals surface area (Å²) in [6.07, 6.45) is 2.12.